The maximum atomic E-state index is 5.78. The van der Waals surface area contributed by atoms with Crippen molar-refractivity contribution in [3.8, 4) is 0 Å². The molecule has 0 fully saturated rings. The van der Waals surface area contributed by atoms with Crippen molar-refractivity contribution in [2.45, 2.75) is 46.0 Å². The van der Waals surface area contributed by atoms with Crippen LogP contribution in [0.2, 0.25) is 13.1 Å². The summed E-state index contributed by atoms with van der Waals surface area (Å²) in [5.41, 5.74) is 2.52. The Bertz CT molecular complexity index is 331. The molecule has 0 heterocycles. The van der Waals surface area contributed by atoms with E-state index in [1.54, 1.807) is 0 Å². The zero-order chi connectivity index (χ0) is 12.2. The second-order valence-corrected chi connectivity index (χ2v) is 7.82. The zero-order valence-corrected chi connectivity index (χ0v) is 12.2. The van der Waals surface area contributed by atoms with E-state index >= 15 is 0 Å². The van der Waals surface area contributed by atoms with E-state index in [4.69, 9.17) is 4.43 Å². The molecule has 0 aliphatic carbocycles. The van der Waals surface area contributed by atoms with Gasteiger partial charge in [0.1, 0.15) is 0 Å². The van der Waals surface area contributed by atoms with Crippen molar-refractivity contribution in [3.63, 3.8) is 0 Å². The number of benzene rings is 1. The minimum atomic E-state index is -0.942. The summed E-state index contributed by atoms with van der Waals surface area (Å²) >= 11 is 0. The van der Waals surface area contributed by atoms with E-state index in [1.807, 2.05) is 0 Å². The van der Waals surface area contributed by atoms with Crippen LogP contribution in [0, 0.1) is 0 Å². The fourth-order valence-corrected chi connectivity index (χ4v) is 1.94. The molecule has 0 radical (unpaired) electrons. The molecule has 0 unspecified atom stereocenters. The number of hydrogen-bond donors (Lipinski definition) is 1. The van der Waals surface area contributed by atoms with Crippen LogP contribution in [0.4, 0.5) is 5.69 Å². The Morgan fingerprint density at radius 3 is 2.38 bits per heavy atom. The molecule has 3 heteroatoms. The van der Waals surface area contributed by atoms with Gasteiger partial charge in [-0.2, -0.15) is 0 Å². The third-order valence-electron chi connectivity index (χ3n) is 2.10. The van der Waals surface area contributed by atoms with Crippen LogP contribution in [-0.4, -0.2) is 14.6 Å². The normalized spacial score (nSPS) is 11.9. The Kier molecular flexibility index (Phi) is 4.56. The molecule has 0 atom stereocenters. The van der Waals surface area contributed by atoms with Gasteiger partial charge in [-0.1, -0.05) is 18.2 Å². The highest BCUT2D eigenvalue weighted by molar-refractivity contribution is 6.48. The molecule has 0 spiro atoms. The highest BCUT2D eigenvalue weighted by Crippen LogP contribution is 2.20. The summed E-state index contributed by atoms with van der Waals surface area (Å²) in [6.45, 7) is 11.6. The average molecular weight is 237 g/mol. The molecule has 0 amide bonds. The number of rotatable bonds is 4. The van der Waals surface area contributed by atoms with Crippen LogP contribution in [0.15, 0.2) is 24.3 Å². The molecule has 1 aromatic carbocycles. The summed E-state index contributed by atoms with van der Waals surface area (Å²) in [6, 6.07) is 8.37. The Labute approximate surface area is 101 Å². The fourth-order valence-electron chi connectivity index (χ4n) is 1.43. The van der Waals surface area contributed by atoms with Crippen molar-refractivity contribution in [2.75, 3.05) is 5.32 Å². The third kappa shape index (κ3) is 4.81. The van der Waals surface area contributed by atoms with Gasteiger partial charge in [-0.3, -0.25) is 0 Å². The SMILES string of the molecule is C[SiH](C)OCc1ccccc1NC(C)(C)C. The second-order valence-electron chi connectivity index (χ2n) is 5.39. The number of nitrogens with one attached hydrogen (secondary N) is 1. The molecule has 1 rings (SSSR count). The summed E-state index contributed by atoms with van der Waals surface area (Å²) in [5, 5.41) is 3.51. The lowest BCUT2D eigenvalue weighted by Gasteiger charge is -2.24. The van der Waals surface area contributed by atoms with E-state index in [1.165, 1.54) is 11.3 Å². The van der Waals surface area contributed by atoms with Crippen LogP contribution in [0.1, 0.15) is 26.3 Å². The molecule has 1 N–H and O–H groups in total. The largest absolute Gasteiger partial charge is 0.416 e. The van der Waals surface area contributed by atoms with E-state index < -0.39 is 9.04 Å². The molecular formula is C13H23NOSi. The molecule has 16 heavy (non-hydrogen) atoms. The van der Waals surface area contributed by atoms with E-state index in [-0.39, 0.29) is 5.54 Å². The first-order chi connectivity index (χ1) is 7.38. The highest BCUT2D eigenvalue weighted by atomic mass is 28.3. The predicted molar refractivity (Wildman–Crippen MR) is 73.5 cm³/mol. The maximum Gasteiger partial charge on any atom is 0.171 e. The monoisotopic (exact) mass is 237 g/mol. The first-order valence-electron chi connectivity index (χ1n) is 5.86. The van der Waals surface area contributed by atoms with Gasteiger partial charge in [0.25, 0.3) is 0 Å². The quantitative estimate of drug-likeness (QED) is 0.810. The van der Waals surface area contributed by atoms with Crippen LogP contribution in [-0.2, 0) is 11.0 Å². The van der Waals surface area contributed by atoms with Gasteiger partial charge in [-0.25, -0.2) is 0 Å². The summed E-state index contributed by atoms with van der Waals surface area (Å²) in [4.78, 5) is 0. The van der Waals surface area contributed by atoms with E-state index in [2.05, 4.69) is 63.4 Å². The van der Waals surface area contributed by atoms with Gasteiger partial charge in [0.05, 0.1) is 6.61 Å². The Morgan fingerprint density at radius 2 is 1.81 bits per heavy atom. The molecule has 0 saturated heterocycles. The van der Waals surface area contributed by atoms with Crippen molar-refractivity contribution >= 4 is 14.7 Å². The van der Waals surface area contributed by atoms with Crippen molar-refractivity contribution in [1.82, 2.24) is 0 Å². The second kappa shape index (κ2) is 5.50. The smallest absolute Gasteiger partial charge is 0.171 e. The van der Waals surface area contributed by atoms with Crippen molar-refractivity contribution in [3.05, 3.63) is 29.8 Å². The molecule has 90 valence electrons. The molecular weight excluding hydrogens is 214 g/mol. The minimum absolute atomic E-state index is 0.0887. The van der Waals surface area contributed by atoms with Gasteiger partial charge in [0, 0.05) is 11.2 Å². The van der Waals surface area contributed by atoms with Crippen LogP contribution < -0.4 is 5.32 Å². The van der Waals surface area contributed by atoms with Crippen LogP contribution in [0.5, 0.6) is 0 Å². The Morgan fingerprint density at radius 1 is 1.19 bits per heavy atom. The Hall–Kier alpha value is -0.803. The number of para-hydroxylation sites is 1. The fraction of sp³-hybridized carbons (Fsp3) is 0.538. The van der Waals surface area contributed by atoms with Gasteiger partial charge in [0.15, 0.2) is 9.04 Å². The van der Waals surface area contributed by atoms with Crippen molar-refractivity contribution in [2.24, 2.45) is 0 Å². The lowest BCUT2D eigenvalue weighted by molar-refractivity contribution is 0.315. The van der Waals surface area contributed by atoms with Gasteiger partial charge in [0.2, 0.25) is 0 Å². The number of anilines is 1. The summed E-state index contributed by atoms with van der Waals surface area (Å²) in [7, 11) is -0.942. The first kappa shape index (κ1) is 13.3. The first-order valence-corrected chi connectivity index (χ1v) is 8.64. The minimum Gasteiger partial charge on any atom is -0.416 e. The van der Waals surface area contributed by atoms with Gasteiger partial charge in [-0.05, 0) is 45.5 Å². The standard InChI is InChI=1S/C13H23NOSi/c1-13(2,3)14-12-9-7-6-8-11(12)10-15-16(4)5/h6-9,14,16H,10H2,1-5H3. The molecule has 0 aliphatic rings. The molecule has 0 saturated carbocycles. The van der Waals surface area contributed by atoms with Crippen molar-refractivity contribution < 1.29 is 4.43 Å². The molecule has 0 bridgehead atoms. The zero-order valence-electron chi connectivity index (χ0n) is 11.0. The Balaban J connectivity index is 2.75. The maximum absolute atomic E-state index is 5.78. The average Bonchev–Trinajstić information content (AvgIpc) is 2.14. The van der Waals surface area contributed by atoms with E-state index in [0.29, 0.717) is 0 Å². The topological polar surface area (TPSA) is 21.3 Å². The molecule has 0 aliphatic heterocycles. The van der Waals surface area contributed by atoms with Gasteiger partial charge < -0.3 is 9.74 Å². The van der Waals surface area contributed by atoms with Crippen LogP contribution >= 0.6 is 0 Å². The lowest BCUT2D eigenvalue weighted by atomic mass is 10.1. The van der Waals surface area contributed by atoms with Crippen molar-refractivity contribution in [1.29, 1.82) is 0 Å². The molecule has 2 nitrogen and oxygen atoms in total. The third-order valence-corrected chi connectivity index (χ3v) is 2.93. The van der Waals surface area contributed by atoms with Gasteiger partial charge in [-0.15, -0.1) is 0 Å². The number of hydrogen-bond acceptors (Lipinski definition) is 2. The summed E-state index contributed by atoms with van der Waals surface area (Å²) < 4.78 is 5.78. The lowest BCUT2D eigenvalue weighted by Crippen LogP contribution is -2.26. The summed E-state index contributed by atoms with van der Waals surface area (Å²) in [6.07, 6.45) is 0. The van der Waals surface area contributed by atoms with Gasteiger partial charge >= 0.3 is 0 Å². The van der Waals surface area contributed by atoms with Crippen LogP contribution in [0.3, 0.4) is 0 Å². The molecule has 0 aromatic heterocycles. The molecule has 1 aromatic rings. The highest BCUT2D eigenvalue weighted by Gasteiger charge is 2.11. The van der Waals surface area contributed by atoms with E-state index in [9.17, 15) is 0 Å². The predicted octanol–water partition coefficient (Wildman–Crippen LogP) is 3.40. The van der Waals surface area contributed by atoms with E-state index in [0.717, 1.165) is 6.61 Å². The summed E-state index contributed by atoms with van der Waals surface area (Å²) in [5.74, 6) is 0. The van der Waals surface area contributed by atoms with Crippen LogP contribution in [0.25, 0.3) is 0 Å².